The minimum Gasteiger partial charge on any atom is -0.357 e. The largest absolute Gasteiger partial charge is 0.357 e. The van der Waals surface area contributed by atoms with Crippen molar-refractivity contribution in [3.63, 3.8) is 0 Å². The second-order valence-corrected chi connectivity index (χ2v) is 8.16. The van der Waals surface area contributed by atoms with Crippen molar-refractivity contribution in [1.82, 2.24) is 15.1 Å². The fourth-order valence-corrected chi connectivity index (χ4v) is 4.60. The highest BCUT2D eigenvalue weighted by Crippen LogP contribution is 2.47. The molecular weight excluding hydrogens is 284 g/mol. The van der Waals surface area contributed by atoms with Gasteiger partial charge in [-0.1, -0.05) is 13.3 Å². The number of hydrogen-bond donors (Lipinski definition) is 1. The molecule has 4 heteroatoms. The Morgan fingerprint density at radius 1 is 1.22 bits per heavy atom. The molecule has 1 unspecified atom stereocenters. The van der Waals surface area contributed by atoms with E-state index >= 15 is 0 Å². The second kappa shape index (κ2) is 7.87. The summed E-state index contributed by atoms with van der Waals surface area (Å²) in [7, 11) is 0. The van der Waals surface area contributed by atoms with Gasteiger partial charge in [0.2, 0.25) is 0 Å². The van der Waals surface area contributed by atoms with E-state index in [-0.39, 0.29) is 0 Å². The summed E-state index contributed by atoms with van der Waals surface area (Å²) in [5.74, 6) is 2.05. The molecule has 3 rings (SSSR count). The fraction of sp³-hybridized carbons (Fsp3) is 0.947. The van der Waals surface area contributed by atoms with Crippen molar-refractivity contribution in [3.05, 3.63) is 0 Å². The Balaban J connectivity index is 1.43. The van der Waals surface area contributed by atoms with Crippen molar-refractivity contribution >= 4 is 5.96 Å². The van der Waals surface area contributed by atoms with Gasteiger partial charge >= 0.3 is 0 Å². The molecule has 0 aromatic heterocycles. The van der Waals surface area contributed by atoms with Crippen LogP contribution in [0.4, 0.5) is 0 Å². The Bertz CT molecular complexity index is 402. The van der Waals surface area contributed by atoms with E-state index in [9.17, 15) is 0 Å². The average Bonchev–Trinajstić information content (AvgIpc) is 2.96. The molecule has 0 amide bonds. The summed E-state index contributed by atoms with van der Waals surface area (Å²) in [6.07, 6.45) is 9.68. The van der Waals surface area contributed by atoms with E-state index in [0.29, 0.717) is 5.41 Å². The number of nitrogens with one attached hydrogen (secondary N) is 1. The molecule has 1 spiro atoms. The maximum absolute atomic E-state index is 4.93. The molecule has 132 valence electrons. The average molecular weight is 321 g/mol. The Morgan fingerprint density at radius 3 is 2.74 bits per heavy atom. The predicted octanol–water partition coefficient (Wildman–Crippen LogP) is 2.95. The molecule has 2 heterocycles. The number of nitrogens with zero attached hydrogens (tertiary/aromatic N) is 3. The maximum Gasteiger partial charge on any atom is 0.193 e. The zero-order valence-corrected chi connectivity index (χ0v) is 15.3. The molecule has 1 aliphatic carbocycles. The molecule has 0 aromatic carbocycles. The van der Waals surface area contributed by atoms with Gasteiger partial charge in [-0.3, -0.25) is 4.99 Å². The van der Waals surface area contributed by atoms with Crippen LogP contribution in [0.25, 0.3) is 0 Å². The summed E-state index contributed by atoms with van der Waals surface area (Å²) < 4.78 is 0. The molecule has 3 fully saturated rings. The van der Waals surface area contributed by atoms with Gasteiger partial charge < -0.3 is 15.1 Å². The zero-order valence-electron chi connectivity index (χ0n) is 15.3. The van der Waals surface area contributed by atoms with Gasteiger partial charge in [0.05, 0.1) is 0 Å². The lowest BCUT2D eigenvalue weighted by Gasteiger charge is -2.38. The van der Waals surface area contributed by atoms with Crippen molar-refractivity contribution in [1.29, 1.82) is 0 Å². The first-order valence-corrected chi connectivity index (χ1v) is 9.96. The van der Waals surface area contributed by atoms with E-state index in [0.717, 1.165) is 19.0 Å². The molecule has 2 saturated heterocycles. The van der Waals surface area contributed by atoms with E-state index in [2.05, 4.69) is 29.0 Å². The number of hydrogen-bond acceptors (Lipinski definition) is 2. The van der Waals surface area contributed by atoms with Crippen LogP contribution >= 0.6 is 0 Å². The van der Waals surface area contributed by atoms with E-state index in [1.165, 1.54) is 83.6 Å². The number of rotatable bonds is 5. The zero-order chi connectivity index (χ0) is 16.1. The van der Waals surface area contributed by atoms with Crippen LogP contribution in [-0.4, -0.2) is 61.6 Å². The molecule has 1 N–H and O–H groups in total. The first-order chi connectivity index (χ1) is 11.2. The summed E-state index contributed by atoms with van der Waals surface area (Å²) in [6.45, 7) is 12.8. The number of guanidine groups is 1. The summed E-state index contributed by atoms with van der Waals surface area (Å²) in [5, 5.41) is 3.52. The topological polar surface area (TPSA) is 30.9 Å². The smallest absolute Gasteiger partial charge is 0.193 e. The molecule has 0 aromatic rings. The van der Waals surface area contributed by atoms with Gasteiger partial charge in [0.15, 0.2) is 5.96 Å². The summed E-state index contributed by atoms with van der Waals surface area (Å²) in [6, 6.07) is 0. The van der Waals surface area contributed by atoms with E-state index in [1.807, 2.05) is 0 Å². The highest BCUT2D eigenvalue weighted by molar-refractivity contribution is 5.80. The lowest BCUT2D eigenvalue weighted by atomic mass is 9.68. The molecule has 2 aliphatic heterocycles. The molecule has 3 aliphatic rings. The van der Waals surface area contributed by atoms with Crippen molar-refractivity contribution in [2.24, 2.45) is 16.3 Å². The quantitative estimate of drug-likeness (QED) is 0.480. The van der Waals surface area contributed by atoms with Crippen LogP contribution in [0.5, 0.6) is 0 Å². The van der Waals surface area contributed by atoms with Crippen molar-refractivity contribution in [2.45, 2.75) is 58.8 Å². The number of likely N-dealkylation sites (tertiary alicyclic amines) is 2. The molecule has 1 atom stereocenters. The third-order valence-corrected chi connectivity index (χ3v) is 6.12. The molecule has 1 saturated carbocycles. The monoisotopic (exact) mass is 320 g/mol. The molecule has 0 bridgehead atoms. The Hall–Kier alpha value is -0.770. The Morgan fingerprint density at radius 2 is 2.09 bits per heavy atom. The van der Waals surface area contributed by atoms with Crippen LogP contribution in [0.3, 0.4) is 0 Å². The van der Waals surface area contributed by atoms with Gasteiger partial charge in [-0.15, -0.1) is 0 Å². The van der Waals surface area contributed by atoms with Gasteiger partial charge in [0.1, 0.15) is 0 Å². The predicted molar refractivity (Wildman–Crippen MR) is 97.9 cm³/mol. The third-order valence-electron chi connectivity index (χ3n) is 6.12. The number of piperidine rings is 1. The van der Waals surface area contributed by atoms with Crippen molar-refractivity contribution in [3.8, 4) is 0 Å². The summed E-state index contributed by atoms with van der Waals surface area (Å²) in [4.78, 5) is 10.1. The van der Waals surface area contributed by atoms with Crippen LogP contribution in [-0.2, 0) is 0 Å². The maximum atomic E-state index is 4.93. The number of aliphatic imine (C=N–C) groups is 1. The van der Waals surface area contributed by atoms with Crippen LogP contribution in [0.1, 0.15) is 58.8 Å². The first-order valence-electron chi connectivity index (χ1n) is 9.96. The molecule has 23 heavy (non-hydrogen) atoms. The fourth-order valence-electron chi connectivity index (χ4n) is 4.60. The summed E-state index contributed by atoms with van der Waals surface area (Å²) in [5.41, 5.74) is 0.653. The Kier molecular flexibility index (Phi) is 5.84. The highest BCUT2D eigenvalue weighted by atomic mass is 15.3. The highest BCUT2D eigenvalue weighted by Gasteiger charge is 2.43. The normalized spacial score (nSPS) is 28.2. The van der Waals surface area contributed by atoms with Crippen LogP contribution in [0, 0.1) is 11.3 Å². The summed E-state index contributed by atoms with van der Waals surface area (Å²) >= 11 is 0. The van der Waals surface area contributed by atoms with E-state index < -0.39 is 0 Å². The third kappa shape index (κ3) is 4.40. The van der Waals surface area contributed by atoms with Gasteiger partial charge in [0, 0.05) is 32.7 Å². The van der Waals surface area contributed by atoms with Crippen LogP contribution in [0.15, 0.2) is 4.99 Å². The standard InChI is InChI=1S/C19H36N4/c1-3-20-18(23-14-10-19(16-23)8-5-9-19)21-11-6-13-22-12-4-7-17(2)15-22/h17H,3-16H2,1-2H3,(H,20,21). The lowest BCUT2D eigenvalue weighted by Crippen LogP contribution is -2.42. The Labute approximate surface area is 142 Å². The van der Waals surface area contributed by atoms with Gasteiger partial charge in [-0.25, -0.2) is 0 Å². The lowest BCUT2D eigenvalue weighted by molar-refractivity contribution is 0.151. The molecule has 0 radical (unpaired) electrons. The van der Waals surface area contributed by atoms with E-state index in [4.69, 9.17) is 4.99 Å². The minimum absolute atomic E-state index is 0.653. The van der Waals surface area contributed by atoms with Crippen LogP contribution < -0.4 is 5.32 Å². The second-order valence-electron chi connectivity index (χ2n) is 8.16. The van der Waals surface area contributed by atoms with E-state index in [1.54, 1.807) is 0 Å². The molecular formula is C19H36N4. The van der Waals surface area contributed by atoms with Crippen molar-refractivity contribution in [2.75, 3.05) is 45.8 Å². The van der Waals surface area contributed by atoms with Gasteiger partial charge in [-0.2, -0.15) is 0 Å². The van der Waals surface area contributed by atoms with Crippen LogP contribution in [0.2, 0.25) is 0 Å². The van der Waals surface area contributed by atoms with Gasteiger partial charge in [0.25, 0.3) is 0 Å². The first kappa shape index (κ1) is 17.1. The van der Waals surface area contributed by atoms with Crippen molar-refractivity contribution < 1.29 is 0 Å². The SMILES string of the molecule is CCNC(=NCCCN1CCCC(C)C1)N1CCC2(CCC2)C1. The van der Waals surface area contributed by atoms with Gasteiger partial charge in [-0.05, 0) is 69.9 Å². The molecule has 4 nitrogen and oxygen atoms in total. The minimum atomic E-state index is 0.653.